The van der Waals surface area contributed by atoms with E-state index in [2.05, 4.69) is 0 Å². The zero-order valence-electron chi connectivity index (χ0n) is 13.3. The molecule has 1 N–H and O–H groups in total. The van der Waals surface area contributed by atoms with Gasteiger partial charge in [0.15, 0.2) is 0 Å². The molecule has 0 aromatic heterocycles. The third-order valence-corrected chi connectivity index (χ3v) is 3.25. The van der Waals surface area contributed by atoms with Crippen LogP contribution in [-0.2, 0) is 11.3 Å². The average Bonchev–Trinajstić information content (AvgIpc) is 2.60. The second kappa shape index (κ2) is 9.62. The van der Waals surface area contributed by atoms with Crippen molar-refractivity contribution in [3.05, 3.63) is 84.0 Å². The summed E-state index contributed by atoms with van der Waals surface area (Å²) in [6, 6.07) is 17.7. The molecule has 2 rings (SSSR count). The van der Waals surface area contributed by atoms with Crippen molar-refractivity contribution in [2.45, 2.75) is 12.7 Å². The number of aliphatic hydroxyl groups is 1. The highest BCUT2D eigenvalue weighted by atomic mass is 16.5. The van der Waals surface area contributed by atoms with Crippen LogP contribution < -0.4 is 4.74 Å². The SMILES string of the molecule is COc1ccc(/C=C/C=C/[C@H](O)COCc2ccccc2)cc1. The molecule has 23 heavy (non-hydrogen) atoms. The van der Waals surface area contributed by atoms with Crippen LogP contribution in [0.5, 0.6) is 5.75 Å². The molecular formula is C20H22O3. The molecule has 0 heterocycles. The van der Waals surface area contributed by atoms with E-state index < -0.39 is 6.10 Å². The number of aliphatic hydroxyl groups excluding tert-OH is 1. The van der Waals surface area contributed by atoms with Gasteiger partial charge < -0.3 is 14.6 Å². The smallest absolute Gasteiger partial charge is 0.118 e. The van der Waals surface area contributed by atoms with Gasteiger partial charge in [0, 0.05) is 0 Å². The van der Waals surface area contributed by atoms with Crippen molar-refractivity contribution in [3.8, 4) is 5.75 Å². The lowest BCUT2D eigenvalue weighted by Gasteiger charge is -2.07. The molecule has 2 aromatic carbocycles. The van der Waals surface area contributed by atoms with E-state index in [1.54, 1.807) is 13.2 Å². The fourth-order valence-corrected chi connectivity index (χ4v) is 2.00. The largest absolute Gasteiger partial charge is 0.497 e. The first-order valence-electron chi connectivity index (χ1n) is 7.56. The summed E-state index contributed by atoms with van der Waals surface area (Å²) in [5.41, 5.74) is 2.17. The van der Waals surface area contributed by atoms with Crippen molar-refractivity contribution in [2.75, 3.05) is 13.7 Å². The molecule has 0 saturated heterocycles. The minimum atomic E-state index is -0.612. The topological polar surface area (TPSA) is 38.7 Å². The summed E-state index contributed by atoms with van der Waals surface area (Å²) in [5.74, 6) is 0.837. The van der Waals surface area contributed by atoms with Gasteiger partial charge in [0.2, 0.25) is 0 Å². The van der Waals surface area contributed by atoms with E-state index in [9.17, 15) is 5.11 Å². The maximum absolute atomic E-state index is 9.83. The minimum Gasteiger partial charge on any atom is -0.497 e. The van der Waals surface area contributed by atoms with Crippen LogP contribution in [0.1, 0.15) is 11.1 Å². The number of benzene rings is 2. The molecule has 3 heteroatoms. The summed E-state index contributed by atoms with van der Waals surface area (Å²) in [6.07, 6.45) is 6.78. The summed E-state index contributed by atoms with van der Waals surface area (Å²) < 4.78 is 10.6. The summed E-state index contributed by atoms with van der Waals surface area (Å²) in [6.45, 7) is 0.787. The highest BCUT2D eigenvalue weighted by Crippen LogP contribution is 2.12. The number of hydrogen-bond acceptors (Lipinski definition) is 3. The molecule has 120 valence electrons. The van der Waals surface area contributed by atoms with Crippen molar-refractivity contribution in [1.29, 1.82) is 0 Å². The Hall–Kier alpha value is -2.36. The number of allylic oxidation sites excluding steroid dienone is 2. The predicted octanol–water partition coefficient (Wildman–Crippen LogP) is 3.84. The maximum Gasteiger partial charge on any atom is 0.118 e. The van der Waals surface area contributed by atoms with E-state index in [0.29, 0.717) is 6.61 Å². The molecule has 2 aromatic rings. The molecule has 3 nitrogen and oxygen atoms in total. The Kier molecular flexibility index (Phi) is 7.11. The first-order chi connectivity index (χ1) is 11.3. The average molecular weight is 310 g/mol. The van der Waals surface area contributed by atoms with Crippen LogP contribution in [0.4, 0.5) is 0 Å². The summed E-state index contributed by atoms with van der Waals surface area (Å²) >= 11 is 0. The van der Waals surface area contributed by atoms with Crippen molar-refractivity contribution < 1.29 is 14.6 Å². The van der Waals surface area contributed by atoms with Gasteiger partial charge in [0.25, 0.3) is 0 Å². The van der Waals surface area contributed by atoms with Crippen LogP contribution in [0.25, 0.3) is 6.08 Å². The van der Waals surface area contributed by atoms with Crippen LogP contribution >= 0.6 is 0 Å². The van der Waals surface area contributed by atoms with Gasteiger partial charge in [-0.1, -0.05) is 66.8 Å². The monoisotopic (exact) mass is 310 g/mol. The number of ether oxygens (including phenoxy) is 2. The molecule has 0 unspecified atom stereocenters. The summed E-state index contributed by atoms with van der Waals surface area (Å²) in [5, 5.41) is 9.83. The zero-order valence-corrected chi connectivity index (χ0v) is 13.3. The van der Waals surface area contributed by atoms with Gasteiger partial charge in [-0.05, 0) is 23.3 Å². The molecule has 0 aliphatic heterocycles. The third kappa shape index (κ3) is 6.51. The Balaban J connectivity index is 1.70. The first kappa shape index (κ1) is 17.0. The van der Waals surface area contributed by atoms with Crippen LogP contribution in [0.15, 0.2) is 72.8 Å². The van der Waals surface area contributed by atoms with Gasteiger partial charge >= 0.3 is 0 Å². The van der Waals surface area contributed by atoms with E-state index in [1.807, 2.05) is 72.8 Å². The van der Waals surface area contributed by atoms with E-state index in [-0.39, 0.29) is 6.61 Å². The highest BCUT2D eigenvalue weighted by molar-refractivity contribution is 5.52. The standard InChI is InChI=1S/C20H22O3/c1-22-20-13-11-17(12-14-20)7-5-6-10-19(21)16-23-15-18-8-3-2-4-9-18/h2-14,19,21H,15-16H2,1H3/b7-5+,10-6+/t19-/m0/s1. The zero-order chi connectivity index (χ0) is 16.3. The Bertz CT molecular complexity index is 615. The van der Waals surface area contributed by atoms with Crippen molar-refractivity contribution in [2.24, 2.45) is 0 Å². The second-order valence-electron chi connectivity index (χ2n) is 5.09. The van der Waals surface area contributed by atoms with Crippen LogP contribution in [0.2, 0.25) is 0 Å². The molecule has 1 atom stereocenters. The molecule has 0 fully saturated rings. The van der Waals surface area contributed by atoms with Gasteiger partial charge in [-0.25, -0.2) is 0 Å². The fourth-order valence-electron chi connectivity index (χ4n) is 2.00. The molecule has 0 aliphatic rings. The minimum absolute atomic E-state index is 0.280. The van der Waals surface area contributed by atoms with E-state index in [1.165, 1.54) is 0 Å². The Labute approximate surface area is 137 Å². The molecule has 0 saturated carbocycles. The lowest BCUT2D eigenvalue weighted by Crippen LogP contribution is -2.11. The summed E-state index contributed by atoms with van der Waals surface area (Å²) in [4.78, 5) is 0. The molecule has 0 spiro atoms. The van der Waals surface area contributed by atoms with E-state index >= 15 is 0 Å². The Morgan fingerprint density at radius 2 is 1.74 bits per heavy atom. The predicted molar refractivity (Wildman–Crippen MR) is 93.3 cm³/mol. The Morgan fingerprint density at radius 3 is 2.43 bits per heavy atom. The maximum atomic E-state index is 9.83. The normalized spacial score (nSPS) is 12.8. The van der Waals surface area contributed by atoms with Crippen molar-refractivity contribution in [3.63, 3.8) is 0 Å². The van der Waals surface area contributed by atoms with Crippen molar-refractivity contribution in [1.82, 2.24) is 0 Å². The molecule has 0 radical (unpaired) electrons. The number of rotatable bonds is 8. The van der Waals surface area contributed by atoms with Gasteiger partial charge in [0.05, 0.1) is 26.4 Å². The lowest BCUT2D eigenvalue weighted by atomic mass is 10.2. The van der Waals surface area contributed by atoms with Crippen molar-refractivity contribution >= 4 is 6.08 Å². The molecule has 0 aliphatic carbocycles. The van der Waals surface area contributed by atoms with Gasteiger partial charge in [-0.15, -0.1) is 0 Å². The van der Waals surface area contributed by atoms with Crippen LogP contribution in [0.3, 0.4) is 0 Å². The number of hydrogen-bond donors (Lipinski definition) is 1. The van der Waals surface area contributed by atoms with Crippen LogP contribution in [-0.4, -0.2) is 24.9 Å². The molecular weight excluding hydrogens is 288 g/mol. The lowest BCUT2D eigenvalue weighted by molar-refractivity contribution is 0.0504. The fraction of sp³-hybridized carbons (Fsp3) is 0.200. The second-order valence-corrected chi connectivity index (χ2v) is 5.09. The third-order valence-electron chi connectivity index (χ3n) is 3.25. The van der Waals surface area contributed by atoms with Crippen LogP contribution in [0, 0.1) is 0 Å². The summed E-state index contributed by atoms with van der Waals surface area (Å²) in [7, 11) is 1.65. The van der Waals surface area contributed by atoms with Gasteiger partial charge in [0.1, 0.15) is 5.75 Å². The number of methoxy groups -OCH3 is 1. The first-order valence-corrected chi connectivity index (χ1v) is 7.56. The van der Waals surface area contributed by atoms with E-state index in [0.717, 1.165) is 16.9 Å². The Morgan fingerprint density at radius 1 is 1.00 bits per heavy atom. The quantitative estimate of drug-likeness (QED) is 0.753. The highest BCUT2D eigenvalue weighted by Gasteiger charge is 1.98. The molecule has 0 bridgehead atoms. The van der Waals surface area contributed by atoms with E-state index in [4.69, 9.17) is 9.47 Å². The van der Waals surface area contributed by atoms with Gasteiger partial charge in [-0.3, -0.25) is 0 Å². The van der Waals surface area contributed by atoms with Gasteiger partial charge in [-0.2, -0.15) is 0 Å². The molecule has 0 amide bonds.